The highest BCUT2D eigenvalue weighted by Gasteiger charge is 2.21. The van der Waals surface area contributed by atoms with Gasteiger partial charge in [-0.2, -0.15) is 0 Å². The Balaban J connectivity index is 1.45. The average Bonchev–Trinajstić information content (AvgIpc) is 3.07. The van der Waals surface area contributed by atoms with E-state index in [1.165, 1.54) is 34.2 Å². The second-order valence-corrected chi connectivity index (χ2v) is 9.23. The smallest absolute Gasteiger partial charge is 0.262 e. The van der Waals surface area contributed by atoms with Crippen LogP contribution in [0.15, 0.2) is 34.2 Å². The number of thiophene rings is 1. The highest BCUT2D eigenvalue weighted by atomic mass is 32.2. The van der Waals surface area contributed by atoms with Crippen LogP contribution in [-0.2, 0) is 31.2 Å². The molecule has 0 radical (unpaired) electrons. The van der Waals surface area contributed by atoms with Gasteiger partial charge in [-0.3, -0.25) is 14.2 Å². The molecule has 1 aliphatic carbocycles. The molecule has 5 nitrogen and oxygen atoms in total. The van der Waals surface area contributed by atoms with E-state index in [0.29, 0.717) is 11.7 Å². The van der Waals surface area contributed by atoms with Crippen LogP contribution in [0.4, 0.5) is 0 Å². The molecule has 146 valence electrons. The molecule has 2 heterocycles. The highest BCUT2D eigenvalue weighted by Crippen LogP contribution is 2.34. The van der Waals surface area contributed by atoms with Gasteiger partial charge in [-0.15, -0.1) is 11.3 Å². The van der Waals surface area contributed by atoms with E-state index < -0.39 is 0 Å². The highest BCUT2D eigenvalue weighted by molar-refractivity contribution is 7.99. The summed E-state index contributed by atoms with van der Waals surface area (Å²) < 4.78 is 1.59. The van der Waals surface area contributed by atoms with Crippen LogP contribution in [0.5, 0.6) is 0 Å². The van der Waals surface area contributed by atoms with Crippen molar-refractivity contribution in [3.8, 4) is 0 Å². The molecule has 0 spiro atoms. The molecule has 1 N–H and O–H groups in total. The van der Waals surface area contributed by atoms with Crippen LogP contribution in [0, 0.1) is 6.92 Å². The fraction of sp³-hybridized carbons (Fsp3) is 0.381. The van der Waals surface area contributed by atoms with E-state index in [1.807, 2.05) is 31.2 Å². The number of amides is 1. The van der Waals surface area contributed by atoms with Crippen LogP contribution in [-0.4, -0.2) is 21.2 Å². The fourth-order valence-electron chi connectivity index (χ4n) is 3.48. The van der Waals surface area contributed by atoms with Crippen LogP contribution in [0.3, 0.4) is 0 Å². The summed E-state index contributed by atoms with van der Waals surface area (Å²) in [6.07, 6.45) is 4.34. The molecule has 7 heteroatoms. The Bertz CT molecular complexity index is 1080. The largest absolute Gasteiger partial charge is 0.351 e. The number of carbonyl (C=O) groups is 1. The number of hydrogen-bond acceptors (Lipinski definition) is 5. The van der Waals surface area contributed by atoms with Gasteiger partial charge in [-0.25, -0.2) is 4.98 Å². The fourth-order valence-corrected chi connectivity index (χ4v) is 5.59. The summed E-state index contributed by atoms with van der Waals surface area (Å²) in [4.78, 5) is 31.9. The zero-order valence-corrected chi connectivity index (χ0v) is 17.7. The SMILES string of the molecule is Cc1ccc(CNC(=O)CSc2nc3sc4c(c3c(=O)n2C)CCCC4)cc1. The summed E-state index contributed by atoms with van der Waals surface area (Å²) in [6.45, 7) is 2.54. The zero-order chi connectivity index (χ0) is 19.7. The normalized spacial score (nSPS) is 13.5. The molecule has 1 amide bonds. The molecule has 4 rings (SSSR count). The standard InChI is InChI=1S/C21H23N3O2S2/c1-13-7-9-14(10-8-13)11-22-17(25)12-27-21-23-19-18(20(26)24(21)2)15-5-3-4-6-16(15)28-19/h7-10H,3-6,11-12H2,1-2H3,(H,22,25). The van der Waals surface area contributed by atoms with Crippen LogP contribution >= 0.6 is 23.1 Å². The minimum Gasteiger partial charge on any atom is -0.351 e. The third-order valence-corrected chi connectivity index (χ3v) is 7.31. The number of nitrogens with zero attached hydrogens (tertiary/aromatic N) is 2. The lowest BCUT2D eigenvalue weighted by atomic mass is 9.97. The van der Waals surface area contributed by atoms with Gasteiger partial charge in [0.1, 0.15) is 4.83 Å². The monoisotopic (exact) mass is 413 g/mol. The molecule has 3 aromatic rings. The first kappa shape index (κ1) is 19.2. The number of nitrogens with one attached hydrogen (secondary N) is 1. The van der Waals surface area contributed by atoms with E-state index in [2.05, 4.69) is 5.32 Å². The predicted octanol–water partition coefficient (Wildman–Crippen LogP) is 3.59. The van der Waals surface area contributed by atoms with Gasteiger partial charge in [0.15, 0.2) is 5.16 Å². The summed E-state index contributed by atoms with van der Waals surface area (Å²) in [5.74, 6) is 0.174. The number of aromatic nitrogens is 2. The molecule has 0 aliphatic heterocycles. The summed E-state index contributed by atoms with van der Waals surface area (Å²) in [5, 5.41) is 4.31. The van der Waals surface area contributed by atoms with Gasteiger partial charge in [0.05, 0.1) is 11.1 Å². The maximum Gasteiger partial charge on any atom is 0.262 e. The van der Waals surface area contributed by atoms with Crippen molar-refractivity contribution in [3.05, 3.63) is 56.2 Å². The molecule has 1 aromatic carbocycles. The number of fused-ring (bicyclic) bond motifs is 3. The van der Waals surface area contributed by atoms with E-state index >= 15 is 0 Å². The minimum atomic E-state index is -0.0644. The Morgan fingerprint density at radius 1 is 1.25 bits per heavy atom. The number of hydrogen-bond donors (Lipinski definition) is 1. The second kappa shape index (κ2) is 8.09. The third-order valence-electron chi connectivity index (χ3n) is 5.10. The molecular formula is C21H23N3O2S2. The van der Waals surface area contributed by atoms with Crippen molar-refractivity contribution in [3.63, 3.8) is 0 Å². The Morgan fingerprint density at radius 3 is 2.79 bits per heavy atom. The van der Waals surface area contributed by atoms with Gasteiger partial charge >= 0.3 is 0 Å². The molecule has 0 saturated carbocycles. The van der Waals surface area contributed by atoms with E-state index in [1.54, 1.807) is 23.0 Å². The van der Waals surface area contributed by atoms with Gasteiger partial charge < -0.3 is 5.32 Å². The number of thioether (sulfide) groups is 1. The van der Waals surface area contributed by atoms with Crippen LogP contribution in [0.1, 0.15) is 34.4 Å². The van der Waals surface area contributed by atoms with Crippen molar-refractivity contribution < 1.29 is 4.79 Å². The van der Waals surface area contributed by atoms with Crippen LogP contribution in [0.2, 0.25) is 0 Å². The van der Waals surface area contributed by atoms with Crippen LogP contribution < -0.4 is 10.9 Å². The lowest BCUT2D eigenvalue weighted by Crippen LogP contribution is -2.26. The Labute approximate surface area is 172 Å². The predicted molar refractivity (Wildman–Crippen MR) is 115 cm³/mol. The lowest BCUT2D eigenvalue weighted by Gasteiger charge is -2.11. The van der Waals surface area contributed by atoms with Crippen molar-refractivity contribution >= 4 is 39.2 Å². The molecule has 28 heavy (non-hydrogen) atoms. The van der Waals surface area contributed by atoms with Gasteiger partial charge in [0, 0.05) is 18.5 Å². The van der Waals surface area contributed by atoms with Gasteiger partial charge in [0.25, 0.3) is 5.56 Å². The van der Waals surface area contributed by atoms with Gasteiger partial charge in [-0.05, 0) is 43.7 Å². The summed E-state index contributed by atoms with van der Waals surface area (Å²) in [5.41, 5.74) is 3.47. The zero-order valence-electron chi connectivity index (χ0n) is 16.1. The van der Waals surface area contributed by atoms with Crippen molar-refractivity contribution in [2.24, 2.45) is 7.05 Å². The Hall–Kier alpha value is -2.12. The molecule has 0 unspecified atom stereocenters. The average molecular weight is 414 g/mol. The van der Waals surface area contributed by atoms with Crippen molar-refractivity contribution in [1.82, 2.24) is 14.9 Å². The molecular weight excluding hydrogens is 390 g/mol. The van der Waals surface area contributed by atoms with E-state index in [-0.39, 0.29) is 17.2 Å². The quantitative estimate of drug-likeness (QED) is 0.513. The van der Waals surface area contributed by atoms with E-state index in [9.17, 15) is 9.59 Å². The maximum atomic E-state index is 12.9. The minimum absolute atomic E-state index is 0.00645. The molecule has 0 atom stereocenters. The lowest BCUT2D eigenvalue weighted by molar-refractivity contribution is -0.118. The molecule has 0 fully saturated rings. The van der Waals surface area contributed by atoms with E-state index in [0.717, 1.165) is 35.0 Å². The number of rotatable bonds is 5. The third kappa shape index (κ3) is 3.86. The first-order valence-corrected chi connectivity index (χ1v) is 11.3. The first-order valence-electron chi connectivity index (χ1n) is 9.49. The summed E-state index contributed by atoms with van der Waals surface area (Å²) in [7, 11) is 1.74. The maximum absolute atomic E-state index is 12.9. The number of aryl methyl sites for hydroxylation is 3. The molecule has 0 bridgehead atoms. The van der Waals surface area contributed by atoms with Crippen molar-refractivity contribution in [1.29, 1.82) is 0 Å². The number of carbonyl (C=O) groups excluding carboxylic acids is 1. The van der Waals surface area contributed by atoms with E-state index in [4.69, 9.17) is 4.98 Å². The summed E-state index contributed by atoms with van der Waals surface area (Å²) >= 11 is 2.96. The Morgan fingerprint density at radius 2 is 2.00 bits per heavy atom. The number of benzene rings is 1. The molecule has 1 aliphatic rings. The van der Waals surface area contributed by atoms with Crippen LogP contribution in [0.25, 0.3) is 10.2 Å². The second-order valence-electron chi connectivity index (χ2n) is 7.20. The van der Waals surface area contributed by atoms with Crippen molar-refractivity contribution in [2.75, 3.05) is 5.75 Å². The summed E-state index contributed by atoms with van der Waals surface area (Å²) in [6, 6.07) is 8.10. The van der Waals surface area contributed by atoms with Gasteiger partial charge in [0.2, 0.25) is 5.91 Å². The van der Waals surface area contributed by atoms with Gasteiger partial charge in [-0.1, -0.05) is 41.6 Å². The van der Waals surface area contributed by atoms with Crippen molar-refractivity contribution in [2.45, 2.75) is 44.3 Å². The Kier molecular flexibility index (Phi) is 5.55. The molecule has 0 saturated heterocycles. The topological polar surface area (TPSA) is 64.0 Å². The molecule has 2 aromatic heterocycles. The first-order chi connectivity index (χ1) is 13.5.